The molecule has 1 atom stereocenters. The van der Waals surface area contributed by atoms with Gasteiger partial charge in [-0.15, -0.1) is 0 Å². The lowest BCUT2D eigenvalue weighted by atomic mass is 10.0. The Labute approximate surface area is 157 Å². The van der Waals surface area contributed by atoms with Gasteiger partial charge in [0.2, 0.25) is 0 Å². The van der Waals surface area contributed by atoms with Crippen molar-refractivity contribution in [2.24, 2.45) is 0 Å². The lowest BCUT2D eigenvalue weighted by molar-refractivity contribution is -0.153. The van der Waals surface area contributed by atoms with Crippen LogP contribution in [0.25, 0.3) is 10.9 Å². The van der Waals surface area contributed by atoms with Crippen LogP contribution < -0.4 is 4.90 Å². The van der Waals surface area contributed by atoms with Crippen LogP contribution >= 0.6 is 0 Å². The molecule has 0 radical (unpaired) electrons. The Morgan fingerprint density at radius 3 is 2.81 bits per heavy atom. The first-order valence-electron chi connectivity index (χ1n) is 9.27. The van der Waals surface area contributed by atoms with Gasteiger partial charge in [-0.1, -0.05) is 36.4 Å². The minimum absolute atomic E-state index is 0.137. The van der Waals surface area contributed by atoms with E-state index < -0.39 is 12.1 Å². The van der Waals surface area contributed by atoms with Gasteiger partial charge >= 0.3 is 5.97 Å². The maximum Gasteiger partial charge on any atom is 0.311 e. The number of amides is 1. The Hall–Kier alpha value is -3.08. The maximum atomic E-state index is 12.9. The van der Waals surface area contributed by atoms with Gasteiger partial charge in [-0.3, -0.25) is 9.59 Å². The molecule has 138 valence electrons. The van der Waals surface area contributed by atoms with Gasteiger partial charge in [0.25, 0.3) is 5.91 Å². The van der Waals surface area contributed by atoms with Gasteiger partial charge < -0.3 is 14.6 Å². The Morgan fingerprint density at radius 2 is 1.93 bits per heavy atom. The van der Waals surface area contributed by atoms with Crippen molar-refractivity contribution in [1.29, 1.82) is 0 Å². The van der Waals surface area contributed by atoms with E-state index in [4.69, 9.17) is 4.74 Å². The van der Waals surface area contributed by atoms with Crippen LogP contribution in [0.15, 0.2) is 54.7 Å². The molecule has 0 spiro atoms. The van der Waals surface area contributed by atoms with Crippen LogP contribution in [0.4, 0.5) is 5.69 Å². The summed E-state index contributed by atoms with van der Waals surface area (Å²) in [6.45, 7) is 2.30. The molecule has 0 saturated heterocycles. The van der Waals surface area contributed by atoms with Crippen LogP contribution in [0, 0.1) is 0 Å². The van der Waals surface area contributed by atoms with Crippen molar-refractivity contribution < 1.29 is 14.3 Å². The second-order valence-corrected chi connectivity index (χ2v) is 6.89. The van der Waals surface area contributed by atoms with Gasteiger partial charge in [0.15, 0.2) is 6.10 Å². The highest BCUT2D eigenvalue weighted by atomic mass is 16.5. The first-order valence-corrected chi connectivity index (χ1v) is 9.27. The van der Waals surface area contributed by atoms with E-state index in [2.05, 4.69) is 4.98 Å². The van der Waals surface area contributed by atoms with Crippen molar-refractivity contribution in [1.82, 2.24) is 4.98 Å². The number of nitrogens with zero attached hydrogens (tertiary/aromatic N) is 1. The van der Waals surface area contributed by atoms with Gasteiger partial charge in [-0.2, -0.15) is 0 Å². The number of para-hydroxylation sites is 2. The highest BCUT2D eigenvalue weighted by Gasteiger charge is 2.28. The number of carbonyl (C=O) groups excluding carboxylic acids is 2. The zero-order valence-corrected chi connectivity index (χ0v) is 15.3. The minimum Gasteiger partial charge on any atom is -0.452 e. The Balaban J connectivity index is 1.44. The Kier molecular flexibility index (Phi) is 4.67. The van der Waals surface area contributed by atoms with E-state index in [0.29, 0.717) is 6.54 Å². The number of esters is 1. The van der Waals surface area contributed by atoms with Crippen molar-refractivity contribution in [3.05, 3.63) is 65.9 Å². The monoisotopic (exact) mass is 362 g/mol. The lowest BCUT2D eigenvalue weighted by Crippen LogP contribution is -2.42. The number of hydrogen-bond acceptors (Lipinski definition) is 3. The standard InChI is InChI=1S/C22H22N2O3/c1-15(22(26)24-12-6-8-16-7-2-5-11-20(16)24)27-21(25)13-17-14-23-19-10-4-3-9-18(17)19/h2-5,7,9-11,14-15,23H,6,8,12-13H2,1H3/t15-/m1/s1. The molecule has 0 saturated carbocycles. The summed E-state index contributed by atoms with van der Waals surface area (Å²) in [5.41, 5.74) is 3.94. The number of H-pyrrole nitrogens is 1. The second-order valence-electron chi connectivity index (χ2n) is 6.89. The molecule has 5 heteroatoms. The largest absolute Gasteiger partial charge is 0.452 e. The second kappa shape index (κ2) is 7.27. The zero-order valence-electron chi connectivity index (χ0n) is 15.3. The van der Waals surface area contributed by atoms with Crippen LogP contribution in [0.2, 0.25) is 0 Å². The predicted octanol–water partition coefficient (Wildman–Crippen LogP) is 3.62. The Morgan fingerprint density at radius 1 is 1.15 bits per heavy atom. The molecule has 1 aromatic heterocycles. The summed E-state index contributed by atoms with van der Waals surface area (Å²) in [5.74, 6) is -0.569. The van der Waals surface area contributed by atoms with Crippen molar-refractivity contribution in [2.45, 2.75) is 32.3 Å². The van der Waals surface area contributed by atoms with Crippen molar-refractivity contribution >= 4 is 28.5 Å². The van der Waals surface area contributed by atoms with Gasteiger partial charge in [-0.05, 0) is 43.0 Å². The average Bonchev–Trinajstić information content (AvgIpc) is 3.09. The average molecular weight is 362 g/mol. The summed E-state index contributed by atoms with van der Waals surface area (Å²) in [7, 11) is 0. The number of benzene rings is 2. The summed E-state index contributed by atoms with van der Waals surface area (Å²) in [4.78, 5) is 30.1. The van der Waals surface area contributed by atoms with Crippen LogP contribution in [-0.2, 0) is 27.2 Å². The normalized spacial score (nSPS) is 14.6. The van der Waals surface area contributed by atoms with E-state index in [-0.39, 0.29) is 12.3 Å². The molecule has 2 heterocycles. The molecule has 1 aliphatic heterocycles. The number of carbonyl (C=O) groups is 2. The van der Waals surface area contributed by atoms with Gasteiger partial charge in [0, 0.05) is 29.3 Å². The number of fused-ring (bicyclic) bond motifs is 2. The number of aromatic nitrogens is 1. The molecule has 0 fully saturated rings. The van der Waals surface area contributed by atoms with E-state index in [1.807, 2.05) is 54.7 Å². The van der Waals surface area contributed by atoms with Gasteiger partial charge in [0.05, 0.1) is 6.42 Å². The van der Waals surface area contributed by atoms with Gasteiger partial charge in [-0.25, -0.2) is 0 Å². The van der Waals surface area contributed by atoms with Crippen molar-refractivity contribution in [2.75, 3.05) is 11.4 Å². The Bertz CT molecular complexity index is 992. The number of aryl methyl sites for hydroxylation is 1. The summed E-state index contributed by atoms with van der Waals surface area (Å²) >= 11 is 0. The fraction of sp³-hybridized carbons (Fsp3) is 0.273. The highest BCUT2D eigenvalue weighted by Crippen LogP contribution is 2.27. The SMILES string of the molecule is C[C@@H](OC(=O)Cc1c[nH]c2ccccc12)C(=O)N1CCCc2ccccc21. The quantitative estimate of drug-likeness (QED) is 0.721. The molecule has 27 heavy (non-hydrogen) atoms. The van der Waals surface area contributed by atoms with E-state index in [0.717, 1.165) is 40.6 Å². The zero-order chi connectivity index (χ0) is 18.8. The summed E-state index contributed by atoms with van der Waals surface area (Å²) in [6, 6.07) is 15.7. The molecule has 0 aliphatic carbocycles. The molecule has 1 aliphatic rings. The first-order chi connectivity index (χ1) is 13.1. The van der Waals surface area contributed by atoms with Gasteiger partial charge in [0.1, 0.15) is 0 Å². The smallest absolute Gasteiger partial charge is 0.311 e. The summed E-state index contributed by atoms with van der Waals surface area (Å²) < 4.78 is 5.46. The third kappa shape index (κ3) is 3.45. The number of ether oxygens (including phenoxy) is 1. The first kappa shape index (κ1) is 17.3. The van der Waals surface area contributed by atoms with Crippen molar-refractivity contribution in [3.63, 3.8) is 0 Å². The minimum atomic E-state index is -0.811. The van der Waals surface area contributed by atoms with E-state index >= 15 is 0 Å². The third-order valence-corrected chi connectivity index (χ3v) is 5.04. The maximum absolute atomic E-state index is 12.9. The fourth-order valence-electron chi connectivity index (χ4n) is 3.70. The van der Waals surface area contributed by atoms with E-state index in [9.17, 15) is 9.59 Å². The number of nitrogens with one attached hydrogen (secondary N) is 1. The third-order valence-electron chi connectivity index (χ3n) is 5.04. The number of aromatic amines is 1. The van der Waals surface area contributed by atoms with E-state index in [1.54, 1.807) is 11.8 Å². The summed E-state index contributed by atoms with van der Waals surface area (Å²) in [5, 5.41) is 0.999. The number of anilines is 1. The lowest BCUT2D eigenvalue weighted by Gasteiger charge is -2.31. The summed E-state index contributed by atoms with van der Waals surface area (Å²) in [6.07, 6.45) is 3.03. The van der Waals surface area contributed by atoms with Crippen LogP contribution in [0.5, 0.6) is 0 Å². The predicted molar refractivity (Wildman–Crippen MR) is 105 cm³/mol. The molecule has 5 nitrogen and oxygen atoms in total. The molecule has 1 amide bonds. The fourth-order valence-corrected chi connectivity index (χ4v) is 3.70. The molecule has 4 rings (SSSR count). The molecule has 0 bridgehead atoms. The van der Waals surface area contributed by atoms with Crippen LogP contribution in [-0.4, -0.2) is 29.5 Å². The highest BCUT2D eigenvalue weighted by molar-refractivity contribution is 5.98. The van der Waals surface area contributed by atoms with Crippen LogP contribution in [0.3, 0.4) is 0 Å². The topological polar surface area (TPSA) is 62.4 Å². The number of rotatable bonds is 4. The number of hydrogen-bond donors (Lipinski definition) is 1. The molecular formula is C22H22N2O3. The molecule has 2 aromatic carbocycles. The molecular weight excluding hydrogens is 340 g/mol. The molecule has 3 aromatic rings. The van der Waals surface area contributed by atoms with E-state index in [1.165, 1.54) is 0 Å². The van der Waals surface area contributed by atoms with Crippen LogP contribution in [0.1, 0.15) is 24.5 Å². The van der Waals surface area contributed by atoms with Crippen molar-refractivity contribution in [3.8, 4) is 0 Å². The molecule has 0 unspecified atom stereocenters. The molecule has 1 N–H and O–H groups in total.